The number of alkyl halides is 3. The first-order valence-corrected chi connectivity index (χ1v) is 11.9. The van der Waals surface area contributed by atoms with Gasteiger partial charge in [0, 0.05) is 22.6 Å². The minimum absolute atomic E-state index is 0.0513. The summed E-state index contributed by atoms with van der Waals surface area (Å²) in [5.41, 5.74) is 6.24. The van der Waals surface area contributed by atoms with Crippen LogP contribution in [0.5, 0.6) is 0 Å². The number of piperidine rings is 1. The molecule has 2 aliphatic carbocycles. The topological polar surface area (TPSA) is 68.8 Å². The normalized spacial score (nSPS) is 24.3. The lowest BCUT2D eigenvalue weighted by atomic mass is 9.94. The third kappa shape index (κ3) is 3.16. The lowest BCUT2D eigenvalue weighted by molar-refractivity contribution is -0.137. The Balaban J connectivity index is 1.67. The third-order valence-electron chi connectivity index (χ3n) is 7.59. The van der Waals surface area contributed by atoms with Gasteiger partial charge in [-0.05, 0) is 68.3 Å². The second-order valence-corrected chi connectivity index (χ2v) is 10.4. The van der Waals surface area contributed by atoms with Crippen molar-refractivity contribution in [2.75, 3.05) is 18.8 Å². The monoisotopic (exact) mass is 473 g/mol. The van der Waals surface area contributed by atoms with Crippen molar-refractivity contribution in [3.05, 3.63) is 40.5 Å². The molecule has 0 bridgehead atoms. The van der Waals surface area contributed by atoms with Gasteiger partial charge in [-0.3, -0.25) is 4.68 Å². The number of rotatable bonds is 4. The van der Waals surface area contributed by atoms with Crippen molar-refractivity contribution < 1.29 is 17.6 Å². The standard InChI is InChI=1S/C25H27F4N5/c1-10(2)21-18-23(17-15-8-31-9-16(15)17)33-34(13-4-5-13)24(18)20(26)22(32-21)14-7-12(30)6-11(3)19(14)25(27,28)29/h6-7,10,13,15-17,31H,4-5,8-9,30H2,1-3H3/t15-,16+,17?. The molecule has 3 fully saturated rings. The van der Waals surface area contributed by atoms with Crippen LogP contribution in [-0.4, -0.2) is 27.9 Å². The van der Waals surface area contributed by atoms with Crippen molar-refractivity contribution in [1.29, 1.82) is 0 Å². The van der Waals surface area contributed by atoms with E-state index in [1.165, 1.54) is 19.1 Å². The molecule has 5 nitrogen and oxygen atoms in total. The van der Waals surface area contributed by atoms with Gasteiger partial charge in [-0.1, -0.05) is 13.8 Å². The molecule has 2 saturated carbocycles. The Morgan fingerprint density at radius 1 is 1.15 bits per heavy atom. The number of aromatic nitrogens is 3. The fraction of sp³-hybridized carbons (Fsp3) is 0.520. The molecular formula is C25H27F4N5. The van der Waals surface area contributed by atoms with Gasteiger partial charge in [-0.25, -0.2) is 9.37 Å². The first-order chi connectivity index (χ1) is 16.1. The molecule has 0 spiro atoms. The van der Waals surface area contributed by atoms with Gasteiger partial charge in [0.05, 0.1) is 23.0 Å². The van der Waals surface area contributed by atoms with Gasteiger partial charge in [-0.2, -0.15) is 18.3 Å². The van der Waals surface area contributed by atoms with Crippen molar-refractivity contribution in [2.24, 2.45) is 11.8 Å². The number of nitrogens with one attached hydrogen (secondary N) is 1. The summed E-state index contributed by atoms with van der Waals surface area (Å²) in [6.45, 7) is 7.04. The molecule has 6 rings (SSSR count). The maximum absolute atomic E-state index is 16.3. The van der Waals surface area contributed by atoms with Crippen LogP contribution >= 0.6 is 0 Å². The van der Waals surface area contributed by atoms with Gasteiger partial charge in [0.15, 0.2) is 5.82 Å². The summed E-state index contributed by atoms with van der Waals surface area (Å²) in [5, 5.41) is 8.97. The Morgan fingerprint density at radius 2 is 1.82 bits per heavy atom. The van der Waals surface area contributed by atoms with E-state index >= 15 is 4.39 Å². The van der Waals surface area contributed by atoms with Crippen LogP contribution < -0.4 is 11.1 Å². The Morgan fingerprint density at radius 3 is 2.41 bits per heavy atom. The largest absolute Gasteiger partial charge is 0.417 e. The minimum atomic E-state index is -4.67. The summed E-state index contributed by atoms with van der Waals surface area (Å²) in [6.07, 6.45) is -2.91. The fourth-order valence-electron chi connectivity index (χ4n) is 5.87. The van der Waals surface area contributed by atoms with Crippen LogP contribution in [0.25, 0.3) is 22.2 Å². The van der Waals surface area contributed by atoms with Crippen molar-refractivity contribution >= 4 is 16.6 Å². The zero-order chi connectivity index (χ0) is 24.1. The molecule has 3 N–H and O–H groups in total. The molecule has 180 valence electrons. The summed E-state index contributed by atoms with van der Waals surface area (Å²) in [6, 6.07) is 2.52. The number of anilines is 1. The highest BCUT2D eigenvalue weighted by Gasteiger charge is 2.56. The van der Waals surface area contributed by atoms with Gasteiger partial charge in [-0.15, -0.1) is 0 Å². The van der Waals surface area contributed by atoms with E-state index in [1.807, 2.05) is 13.8 Å². The van der Waals surface area contributed by atoms with Crippen LogP contribution in [0.4, 0.5) is 23.2 Å². The summed E-state index contributed by atoms with van der Waals surface area (Å²) in [7, 11) is 0. The highest BCUT2D eigenvalue weighted by Crippen LogP contribution is 2.58. The molecule has 1 saturated heterocycles. The lowest BCUT2D eigenvalue weighted by Gasteiger charge is -2.19. The average molecular weight is 474 g/mol. The SMILES string of the molecule is Cc1cc(N)cc(-c2nc(C(C)C)c3c(C4[C@H]5CNC[C@@H]45)nn(C4CC4)c3c2F)c1C(F)(F)F. The van der Waals surface area contributed by atoms with Crippen LogP contribution in [0.2, 0.25) is 0 Å². The number of nitrogen functional groups attached to an aromatic ring is 1. The zero-order valence-electron chi connectivity index (χ0n) is 19.3. The molecule has 1 aromatic carbocycles. The van der Waals surface area contributed by atoms with Crippen LogP contribution in [0.15, 0.2) is 12.1 Å². The molecule has 9 heteroatoms. The minimum Gasteiger partial charge on any atom is -0.399 e. The summed E-state index contributed by atoms with van der Waals surface area (Å²) >= 11 is 0. The maximum atomic E-state index is 16.3. The number of fused-ring (bicyclic) bond motifs is 2. The summed E-state index contributed by atoms with van der Waals surface area (Å²) in [5.74, 6) is 0.326. The van der Waals surface area contributed by atoms with Crippen LogP contribution in [-0.2, 0) is 6.18 Å². The molecule has 3 aliphatic rings. The number of nitrogens with two attached hydrogens (primary N) is 1. The van der Waals surface area contributed by atoms with Crippen molar-refractivity contribution in [2.45, 2.75) is 57.7 Å². The van der Waals surface area contributed by atoms with Gasteiger partial charge < -0.3 is 11.1 Å². The first-order valence-electron chi connectivity index (χ1n) is 11.9. The van der Waals surface area contributed by atoms with E-state index < -0.39 is 17.6 Å². The highest BCUT2D eigenvalue weighted by atomic mass is 19.4. The van der Waals surface area contributed by atoms with Gasteiger partial charge >= 0.3 is 6.18 Å². The molecule has 0 radical (unpaired) electrons. The van der Waals surface area contributed by atoms with Crippen LogP contribution in [0.3, 0.4) is 0 Å². The number of benzene rings is 1. The molecule has 3 aromatic rings. The quantitative estimate of drug-likeness (QED) is 0.386. The second-order valence-electron chi connectivity index (χ2n) is 10.4. The van der Waals surface area contributed by atoms with Gasteiger partial charge in [0.2, 0.25) is 0 Å². The van der Waals surface area contributed by atoms with E-state index in [9.17, 15) is 13.2 Å². The number of pyridine rings is 1. The van der Waals surface area contributed by atoms with Crippen LogP contribution in [0.1, 0.15) is 67.1 Å². The fourth-order valence-corrected chi connectivity index (χ4v) is 5.87. The second kappa shape index (κ2) is 7.16. The molecular weight excluding hydrogens is 446 g/mol. The Labute approximate surface area is 194 Å². The Bertz CT molecular complexity index is 1310. The predicted octanol–water partition coefficient (Wildman–Crippen LogP) is 5.54. The van der Waals surface area contributed by atoms with Crippen LogP contribution in [0, 0.1) is 24.6 Å². The molecule has 0 amide bonds. The highest BCUT2D eigenvalue weighted by molar-refractivity contribution is 5.90. The number of nitrogens with zero attached hydrogens (tertiary/aromatic N) is 3. The van der Waals surface area contributed by atoms with E-state index in [2.05, 4.69) is 10.3 Å². The summed E-state index contributed by atoms with van der Waals surface area (Å²) in [4.78, 5) is 4.58. The Hall–Kier alpha value is -2.68. The smallest absolute Gasteiger partial charge is 0.399 e. The van der Waals surface area contributed by atoms with E-state index in [1.54, 1.807) is 4.68 Å². The first kappa shape index (κ1) is 21.8. The maximum Gasteiger partial charge on any atom is 0.417 e. The van der Waals surface area contributed by atoms with Crippen molar-refractivity contribution in [1.82, 2.24) is 20.1 Å². The van der Waals surface area contributed by atoms with E-state index in [0.29, 0.717) is 22.9 Å². The summed E-state index contributed by atoms with van der Waals surface area (Å²) < 4.78 is 60.3. The van der Waals surface area contributed by atoms with E-state index in [4.69, 9.17) is 10.8 Å². The van der Waals surface area contributed by atoms with E-state index in [-0.39, 0.29) is 45.9 Å². The number of halogens is 4. The van der Waals surface area contributed by atoms with Crippen molar-refractivity contribution in [3.63, 3.8) is 0 Å². The molecule has 1 unspecified atom stereocenters. The molecule has 1 aliphatic heterocycles. The van der Waals surface area contributed by atoms with Crippen molar-refractivity contribution in [3.8, 4) is 11.3 Å². The molecule has 2 aromatic heterocycles. The molecule has 34 heavy (non-hydrogen) atoms. The predicted molar refractivity (Wildman–Crippen MR) is 122 cm³/mol. The molecule has 3 atom stereocenters. The zero-order valence-corrected chi connectivity index (χ0v) is 19.3. The van der Waals surface area contributed by atoms with E-state index in [0.717, 1.165) is 31.6 Å². The number of hydrogen-bond acceptors (Lipinski definition) is 4. The lowest BCUT2D eigenvalue weighted by Crippen LogP contribution is -2.14. The van der Waals surface area contributed by atoms with Gasteiger partial charge in [0.1, 0.15) is 11.2 Å². The number of hydrogen-bond donors (Lipinski definition) is 2. The third-order valence-corrected chi connectivity index (χ3v) is 7.59. The molecule has 3 heterocycles. The number of aryl methyl sites for hydroxylation is 1. The Kier molecular flexibility index (Phi) is 4.60. The average Bonchev–Trinajstić information content (AvgIpc) is 3.61. The van der Waals surface area contributed by atoms with Gasteiger partial charge in [0.25, 0.3) is 0 Å².